The van der Waals surface area contributed by atoms with E-state index >= 15 is 0 Å². The summed E-state index contributed by atoms with van der Waals surface area (Å²) in [6, 6.07) is 11.0. The van der Waals surface area contributed by atoms with Crippen LogP contribution in [0.25, 0.3) is 21.5 Å². The molecule has 5 nitrogen and oxygen atoms in total. The minimum atomic E-state index is -0.183. The Morgan fingerprint density at radius 1 is 1.24 bits per heavy atom. The Balaban J connectivity index is 1.76. The number of rotatable bonds is 5. The number of nitrogens with two attached hydrogens (primary N) is 1. The largest absolute Gasteiger partial charge is 0.488 e. The molecule has 2 heterocycles. The van der Waals surface area contributed by atoms with Crippen LogP contribution in [-0.2, 0) is 13.0 Å². The molecule has 0 spiro atoms. The first-order valence-electron chi connectivity index (χ1n) is 9.15. The van der Waals surface area contributed by atoms with Crippen LogP contribution in [0.1, 0.15) is 23.7 Å². The van der Waals surface area contributed by atoms with E-state index in [1.54, 1.807) is 6.07 Å². The molecule has 0 fully saturated rings. The standard InChI is InChI=1S/C22H19ClN2O3S/c1-3-14-8-16-18(9-17(14)27-10-13-4-6-15(23)7-5-13)28-21(24)19(20(16)26)22-25-12(2)11-29-22/h4-9,11H,3,10,24H2,1-2H3. The first kappa shape index (κ1) is 19.5. The van der Waals surface area contributed by atoms with Gasteiger partial charge in [-0.25, -0.2) is 4.98 Å². The number of nitrogens with zero attached hydrogens (tertiary/aromatic N) is 1. The molecule has 2 N–H and O–H groups in total. The van der Waals surface area contributed by atoms with Crippen LogP contribution in [0.2, 0.25) is 5.02 Å². The summed E-state index contributed by atoms with van der Waals surface area (Å²) in [5.41, 5.74) is 9.35. The fourth-order valence-corrected chi connectivity index (χ4v) is 4.08. The second-order valence-electron chi connectivity index (χ2n) is 6.69. The third kappa shape index (κ3) is 3.86. The monoisotopic (exact) mass is 426 g/mol. The van der Waals surface area contributed by atoms with Gasteiger partial charge in [-0.3, -0.25) is 4.79 Å². The van der Waals surface area contributed by atoms with Crippen molar-refractivity contribution in [2.75, 3.05) is 5.73 Å². The maximum atomic E-state index is 13.1. The number of anilines is 1. The first-order valence-corrected chi connectivity index (χ1v) is 10.4. The highest BCUT2D eigenvalue weighted by atomic mass is 35.5. The number of hydrogen-bond donors (Lipinski definition) is 1. The lowest BCUT2D eigenvalue weighted by atomic mass is 10.1. The molecule has 148 valence electrons. The minimum absolute atomic E-state index is 0.0600. The molecule has 4 rings (SSSR count). The van der Waals surface area contributed by atoms with Gasteiger partial charge < -0.3 is 14.9 Å². The molecule has 2 aromatic heterocycles. The molecule has 0 aliphatic heterocycles. The third-order valence-corrected chi connectivity index (χ3v) is 5.85. The summed E-state index contributed by atoms with van der Waals surface area (Å²) in [7, 11) is 0. The van der Waals surface area contributed by atoms with Crippen LogP contribution < -0.4 is 15.9 Å². The summed E-state index contributed by atoms with van der Waals surface area (Å²) >= 11 is 7.31. The van der Waals surface area contributed by atoms with E-state index in [1.807, 2.05) is 49.6 Å². The van der Waals surface area contributed by atoms with E-state index < -0.39 is 0 Å². The highest BCUT2D eigenvalue weighted by molar-refractivity contribution is 7.13. The quantitative estimate of drug-likeness (QED) is 0.449. The second kappa shape index (κ2) is 7.89. The third-order valence-electron chi connectivity index (χ3n) is 4.62. The van der Waals surface area contributed by atoms with Crippen LogP contribution in [-0.4, -0.2) is 4.98 Å². The number of fused-ring (bicyclic) bond motifs is 1. The molecular formula is C22H19ClN2O3S. The maximum Gasteiger partial charge on any atom is 0.205 e. The van der Waals surface area contributed by atoms with Gasteiger partial charge >= 0.3 is 0 Å². The van der Waals surface area contributed by atoms with Gasteiger partial charge in [0.15, 0.2) is 0 Å². The Bertz CT molecular complexity index is 1250. The lowest BCUT2D eigenvalue weighted by Gasteiger charge is -2.13. The minimum Gasteiger partial charge on any atom is -0.488 e. The molecule has 0 aliphatic carbocycles. The van der Waals surface area contributed by atoms with Crippen LogP contribution in [0.5, 0.6) is 5.75 Å². The normalized spacial score (nSPS) is 11.1. The van der Waals surface area contributed by atoms with Gasteiger partial charge in [-0.15, -0.1) is 11.3 Å². The number of ether oxygens (including phenoxy) is 1. The summed E-state index contributed by atoms with van der Waals surface area (Å²) in [6.45, 7) is 4.27. The van der Waals surface area contributed by atoms with Crippen LogP contribution in [0.3, 0.4) is 0 Å². The van der Waals surface area contributed by atoms with Crippen molar-refractivity contribution >= 4 is 39.8 Å². The SMILES string of the molecule is CCc1cc2c(=O)c(-c3nc(C)cs3)c(N)oc2cc1OCc1ccc(Cl)cc1. The molecule has 0 amide bonds. The van der Waals surface area contributed by atoms with Crippen LogP contribution in [0.15, 0.2) is 51.0 Å². The van der Waals surface area contributed by atoms with Crippen molar-refractivity contribution in [2.24, 2.45) is 0 Å². The van der Waals surface area contributed by atoms with Crippen LogP contribution in [0, 0.1) is 6.92 Å². The number of aryl methyl sites for hydroxylation is 2. The smallest absolute Gasteiger partial charge is 0.205 e. The summed E-state index contributed by atoms with van der Waals surface area (Å²) in [5, 5.41) is 3.59. The van der Waals surface area contributed by atoms with E-state index in [0.29, 0.717) is 45.3 Å². The topological polar surface area (TPSA) is 78.4 Å². The molecule has 0 atom stereocenters. The first-order chi connectivity index (χ1) is 14.0. The molecule has 0 aliphatic rings. The van der Waals surface area contributed by atoms with Gasteiger partial charge in [-0.05, 0) is 42.7 Å². The molecule has 0 radical (unpaired) electrons. The lowest BCUT2D eigenvalue weighted by molar-refractivity contribution is 0.303. The molecule has 2 aromatic carbocycles. The molecule has 29 heavy (non-hydrogen) atoms. The van der Waals surface area contributed by atoms with Crippen LogP contribution in [0.4, 0.5) is 5.88 Å². The molecule has 7 heteroatoms. The van der Waals surface area contributed by atoms with E-state index in [-0.39, 0.29) is 11.3 Å². The highest BCUT2D eigenvalue weighted by Gasteiger charge is 2.19. The van der Waals surface area contributed by atoms with Crippen molar-refractivity contribution in [3.63, 3.8) is 0 Å². The highest BCUT2D eigenvalue weighted by Crippen LogP contribution is 2.32. The van der Waals surface area contributed by atoms with E-state index in [2.05, 4.69) is 4.98 Å². The predicted octanol–water partition coefficient (Wildman–Crippen LogP) is 5.60. The predicted molar refractivity (Wildman–Crippen MR) is 118 cm³/mol. The summed E-state index contributed by atoms with van der Waals surface area (Å²) in [5.74, 6) is 0.722. The van der Waals surface area contributed by atoms with Gasteiger partial charge in [-0.2, -0.15) is 0 Å². The Kier molecular flexibility index (Phi) is 5.30. The lowest BCUT2D eigenvalue weighted by Crippen LogP contribution is -2.10. The summed E-state index contributed by atoms with van der Waals surface area (Å²) in [6.07, 6.45) is 0.710. The van der Waals surface area contributed by atoms with Crippen LogP contribution >= 0.6 is 22.9 Å². The number of halogens is 1. The van der Waals surface area contributed by atoms with Gasteiger partial charge in [-0.1, -0.05) is 30.7 Å². The van der Waals surface area contributed by atoms with E-state index in [1.165, 1.54) is 11.3 Å². The average molecular weight is 427 g/mol. The van der Waals surface area contributed by atoms with Gasteiger partial charge in [0, 0.05) is 22.2 Å². The van der Waals surface area contributed by atoms with Crippen molar-refractivity contribution in [1.29, 1.82) is 0 Å². The Morgan fingerprint density at radius 2 is 2.00 bits per heavy atom. The van der Waals surface area contributed by atoms with Gasteiger partial charge in [0.25, 0.3) is 0 Å². The molecule has 0 unspecified atom stereocenters. The zero-order valence-corrected chi connectivity index (χ0v) is 17.6. The van der Waals surface area contributed by atoms with Crippen molar-refractivity contribution < 1.29 is 9.15 Å². The Hall–Kier alpha value is -2.83. The molecule has 4 aromatic rings. The molecule has 0 saturated carbocycles. The van der Waals surface area contributed by atoms with Crippen molar-refractivity contribution in [2.45, 2.75) is 26.9 Å². The zero-order valence-electron chi connectivity index (χ0n) is 16.0. The second-order valence-corrected chi connectivity index (χ2v) is 7.98. The summed E-state index contributed by atoms with van der Waals surface area (Å²) < 4.78 is 11.8. The molecule has 0 bridgehead atoms. The zero-order chi connectivity index (χ0) is 20.5. The van der Waals surface area contributed by atoms with E-state index in [0.717, 1.165) is 16.8 Å². The maximum absolute atomic E-state index is 13.1. The van der Waals surface area contributed by atoms with Gasteiger partial charge in [0.1, 0.15) is 28.5 Å². The van der Waals surface area contributed by atoms with Crippen molar-refractivity contribution in [1.82, 2.24) is 4.98 Å². The molecule has 0 saturated heterocycles. The Labute approximate surface area is 176 Å². The summed E-state index contributed by atoms with van der Waals surface area (Å²) in [4.78, 5) is 17.5. The number of hydrogen-bond acceptors (Lipinski definition) is 6. The van der Waals surface area contributed by atoms with Crippen molar-refractivity contribution in [3.8, 4) is 16.3 Å². The van der Waals surface area contributed by atoms with E-state index in [4.69, 9.17) is 26.5 Å². The van der Waals surface area contributed by atoms with E-state index in [9.17, 15) is 4.79 Å². The average Bonchev–Trinajstić information content (AvgIpc) is 3.12. The number of benzene rings is 2. The number of nitrogen functional groups attached to an aromatic ring is 1. The Morgan fingerprint density at radius 3 is 2.66 bits per heavy atom. The number of aromatic nitrogens is 1. The van der Waals surface area contributed by atoms with Gasteiger partial charge in [0.05, 0.1) is 5.39 Å². The fraction of sp³-hybridized carbons (Fsp3) is 0.182. The number of thiazole rings is 1. The molecular weight excluding hydrogens is 408 g/mol. The van der Waals surface area contributed by atoms with Crippen molar-refractivity contribution in [3.05, 3.63) is 73.8 Å². The van der Waals surface area contributed by atoms with Gasteiger partial charge in [0.2, 0.25) is 11.3 Å². The fourth-order valence-electron chi connectivity index (χ4n) is 3.11.